The molecule has 0 saturated heterocycles. The molecule has 9 nitrogen and oxygen atoms in total. The van der Waals surface area contributed by atoms with Crippen molar-refractivity contribution < 1.29 is 23.9 Å². The molecule has 34 heavy (non-hydrogen) atoms. The summed E-state index contributed by atoms with van der Waals surface area (Å²) in [5, 5.41) is 2.84. The number of amides is 3. The first-order valence-corrected chi connectivity index (χ1v) is 11.9. The number of carbonyl (C=O) groups excluding carboxylic acids is 3. The molecule has 3 amide bonds. The molecule has 1 aromatic rings. The zero-order valence-corrected chi connectivity index (χ0v) is 21.6. The van der Waals surface area contributed by atoms with Crippen LogP contribution in [0.15, 0.2) is 18.2 Å². The Kier molecular flexibility index (Phi) is 10.3. The molecule has 1 N–H and O–H groups in total. The van der Waals surface area contributed by atoms with Crippen molar-refractivity contribution in [3.05, 3.63) is 23.8 Å². The molecule has 0 spiro atoms. The van der Waals surface area contributed by atoms with Crippen molar-refractivity contribution in [2.75, 3.05) is 59.8 Å². The van der Waals surface area contributed by atoms with E-state index < -0.39 is 0 Å². The molecule has 0 saturated carbocycles. The first-order valence-electron chi connectivity index (χ1n) is 11.9. The van der Waals surface area contributed by atoms with Gasteiger partial charge in [0, 0.05) is 45.3 Å². The Morgan fingerprint density at radius 3 is 2.56 bits per heavy atom. The van der Waals surface area contributed by atoms with Crippen LogP contribution in [0.5, 0.6) is 5.75 Å². The number of carbonyl (C=O) groups is 3. The summed E-state index contributed by atoms with van der Waals surface area (Å²) in [4.78, 5) is 43.7. The summed E-state index contributed by atoms with van der Waals surface area (Å²) in [6, 6.07) is 4.86. The van der Waals surface area contributed by atoms with E-state index in [1.807, 2.05) is 44.7 Å². The van der Waals surface area contributed by atoms with E-state index in [0.717, 1.165) is 6.42 Å². The lowest BCUT2D eigenvalue weighted by atomic mass is 10.0. The second-order valence-corrected chi connectivity index (χ2v) is 9.39. The number of nitrogens with zero attached hydrogens (tertiary/aromatic N) is 3. The van der Waals surface area contributed by atoms with Crippen LogP contribution in [0.25, 0.3) is 0 Å². The van der Waals surface area contributed by atoms with E-state index in [2.05, 4.69) is 5.32 Å². The second kappa shape index (κ2) is 12.7. The highest BCUT2D eigenvalue weighted by Gasteiger charge is 2.30. The largest absolute Gasteiger partial charge is 0.491 e. The molecule has 0 fully saturated rings. The van der Waals surface area contributed by atoms with Gasteiger partial charge in [-0.3, -0.25) is 14.4 Å². The van der Waals surface area contributed by atoms with Gasteiger partial charge in [-0.05, 0) is 45.6 Å². The molecule has 1 aliphatic heterocycles. The highest BCUT2D eigenvalue weighted by atomic mass is 16.5. The third-order valence-corrected chi connectivity index (χ3v) is 5.98. The number of nitrogens with one attached hydrogen (secondary N) is 1. The minimum absolute atomic E-state index is 0.00706. The van der Waals surface area contributed by atoms with Gasteiger partial charge in [0.1, 0.15) is 12.4 Å². The summed E-state index contributed by atoms with van der Waals surface area (Å²) in [6.07, 6.45) is 0.884. The zero-order chi connectivity index (χ0) is 25.4. The van der Waals surface area contributed by atoms with Crippen molar-refractivity contribution >= 4 is 23.4 Å². The molecule has 190 valence electrons. The van der Waals surface area contributed by atoms with E-state index in [9.17, 15) is 14.4 Å². The first kappa shape index (κ1) is 27.6. The SMILES string of the molecule is CCCC(=O)Nc1ccc2c(c1)C(=O)N(C)C[C@@H](OC)[C@H](C)CN(C(=O)CN(C)C)[C@H](C)CO2. The van der Waals surface area contributed by atoms with Gasteiger partial charge in [0.25, 0.3) is 5.91 Å². The van der Waals surface area contributed by atoms with Crippen LogP contribution in [-0.4, -0.2) is 99.1 Å². The molecule has 9 heteroatoms. The molecule has 0 unspecified atom stereocenters. The molecule has 3 atom stereocenters. The predicted octanol–water partition coefficient (Wildman–Crippen LogP) is 2.32. The van der Waals surface area contributed by atoms with Gasteiger partial charge in [0.2, 0.25) is 11.8 Å². The maximum atomic E-state index is 13.4. The maximum absolute atomic E-state index is 13.4. The van der Waals surface area contributed by atoms with Crippen LogP contribution in [0.3, 0.4) is 0 Å². The van der Waals surface area contributed by atoms with Crippen LogP contribution in [-0.2, 0) is 14.3 Å². The van der Waals surface area contributed by atoms with Gasteiger partial charge >= 0.3 is 0 Å². The summed E-state index contributed by atoms with van der Waals surface area (Å²) in [5.41, 5.74) is 0.903. The van der Waals surface area contributed by atoms with Gasteiger partial charge in [-0.2, -0.15) is 0 Å². The predicted molar refractivity (Wildman–Crippen MR) is 132 cm³/mol. The topological polar surface area (TPSA) is 91.4 Å². The van der Waals surface area contributed by atoms with Crippen molar-refractivity contribution in [1.82, 2.24) is 14.7 Å². The van der Waals surface area contributed by atoms with Crippen LogP contribution < -0.4 is 10.1 Å². The molecule has 1 heterocycles. The molecular formula is C25H40N4O5. The normalized spacial score (nSPS) is 21.9. The van der Waals surface area contributed by atoms with Gasteiger partial charge in [-0.1, -0.05) is 13.8 Å². The van der Waals surface area contributed by atoms with Crippen molar-refractivity contribution in [3.63, 3.8) is 0 Å². The van der Waals surface area contributed by atoms with Gasteiger partial charge in [0.15, 0.2) is 0 Å². The summed E-state index contributed by atoms with van der Waals surface area (Å²) in [7, 11) is 7.07. The van der Waals surface area contributed by atoms with Crippen LogP contribution in [0, 0.1) is 5.92 Å². The van der Waals surface area contributed by atoms with E-state index in [4.69, 9.17) is 9.47 Å². The third kappa shape index (κ3) is 7.43. The highest BCUT2D eigenvalue weighted by molar-refractivity contribution is 5.99. The fraction of sp³-hybridized carbons (Fsp3) is 0.640. The number of likely N-dealkylation sites (N-methyl/N-ethyl adjacent to an activating group) is 2. The quantitative estimate of drug-likeness (QED) is 0.678. The van der Waals surface area contributed by atoms with Crippen molar-refractivity contribution in [2.24, 2.45) is 5.92 Å². The van der Waals surface area contributed by atoms with Crippen LogP contribution >= 0.6 is 0 Å². The summed E-state index contributed by atoms with van der Waals surface area (Å²) in [5.74, 6) is 0.101. The molecular weight excluding hydrogens is 436 g/mol. The van der Waals surface area contributed by atoms with Crippen LogP contribution in [0.1, 0.15) is 44.0 Å². The highest BCUT2D eigenvalue weighted by Crippen LogP contribution is 2.26. The molecule has 2 rings (SSSR count). The van der Waals surface area contributed by atoms with E-state index in [1.54, 1.807) is 37.3 Å². The minimum atomic E-state index is -0.257. The fourth-order valence-electron chi connectivity index (χ4n) is 4.01. The van der Waals surface area contributed by atoms with Gasteiger partial charge in [-0.15, -0.1) is 0 Å². The molecule has 1 aliphatic rings. The number of fused-ring (bicyclic) bond motifs is 1. The van der Waals surface area contributed by atoms with Crippen LogP contribution in [0.4, 0.5) is 5.69 Å². The van der Waals surface area contributed by atoms with Gasteiger partial charge in [-0.25, -0.2) is 0 Å². The Labute approximate surface area is 203 Å². The van der Waals surface area contributed by atoms with Crippen molar-refractivity contribution in [2.45, 2.75) is 45.8 Å². The summed E-state index contributed by atoms with van der Waals surface area (Å²) in [6.45, 7) is 7.28. The molecule has 1 aromatic carbocycles. The second-order valence-electron chi connectivity index (χ2n) is 9.39. The monoisotopic (exact) mass is 476 g/mol. The molecule has 0 bridgehead atoms. The standard InChI is InChI=1S/C25H40N4O5/c1-8-9-23(30)26-19-10-11-21-20(12-19)25(32)28(6)14-22(33-7)17(2)13-29(18(3)16-34-21)24(31)15-27(4)5/h10-12,17-18,22H,8-9,13-16H2,1-7H3,(H,26,30)/t17-,18-,22-/m1/s1. The Morgan fingerprint density at radius 2 is 1.94 bits per heavy atom. The van der Waals surface area contributed by atoms with E-state index in [0.29, 0.717) is 43.1 Å². The smallest absolute Gasteiger partial charge is 0.257 e. The van der Waals surface area contributed by atoms with E-state index in [1.165, 1.54) is 0 Å². The number of anilines is 1. The Bertz CT molecular complexity index is 860. The Hall–Kier alpha value is -2.65. The lowest BCUT2D eigenvalue weighted by Gasteiger charge is -2.36. The number of rotatable bonds is 6. The van der Waals surface area contributed by atoms with Gasteiger partial charge < -0.3 is 29.5 Å². The zero-order valence-electron chi connectivity index (χ0n) is 21.6. The lowest BCUT2D eigenvalue weighted by molar-refractivity contribution is -0.136. The van der Waals surface area contributed by atoms with Gasteiger partial charge in [0.05, 0.1) is 24.3 Å². The van der Waals surface area contributed by atoms with E-state index >= 15 is 0 Å². The Balaban J connectivity index is 2.42. The summed E-state index contributed by atoms with van der Waals surface area (Å²) >= 11 is 0. The Morgan fingerprint density at radius 1 is 1.24 bits per heavy atom. The summed E-state index contributed by atoms with van der Waals surface area (Å²) < 4.78 is 11.8. The van der Waals surface area contributed by atoms with Crippen LogP contribution in [0.2, 0.25) is 0 Å². The number of ether oxygens (including phenoxy) is 2. The average molecular weight is 477 g/mol. The number of hydrogen-bond acceptors (Lipinski definition) is 6. The maximum Gasteiger partial charge on any atom is 0.257 e. The average Bonchev–Trinajstić information content (AvgIpc) is 2.77. The minimum Gasteiger partial charge on any atom is -0.491 e. The first-order chi connectivity index (χ1) is 16.1. The number of benzene rings is 1. The number of hydrogen-bond donors (Lipinski definition) is 1. The third-order valence-electron chi connectivity index (χ3n) is 5.98. The molecule has 0 radical (unpaired) electrons. The van der Waals surface area contributed by atoms with Crippen molar-refractivity contribution in [1.29, 1.82) is 0 Å². The number of methoxy groups -OCH3 is 1. The molecule has 0 aliphatic carbocycles. The van der Waals surface area contributed by atoms with Crippen molar-refractivity contribution in [3.8, 4) is 5.75 Å². The fourth-order valence-corrected chi connectivity index (χ4v) is 4.01. The lowest BCUT2D eigenvalue weighted by Crippen LogP contribution is -2.50. The van der Waals surface area contributed by atoms with E-state index in [-0.39, 0.29) is 42.4 Å². The molecule has 0 aromatic heterocycles.